The monoisotopic (exact) mass is 257 g/mol. The molecule has 0 N–H and O–H groups in total. The summed E-state index contributed by atoms with van der Waals surface area (Å²) in [5, 5.41) is 11.0. The maximum Gasteiger partial charge on any atom is 0.278 e. The molecule has 3 aromatic rings. The minimum absolute atomic E-state index is 0.0219. The molecule has 0 bridgehead atoms. The Kier molecular flexibility index (Phi) is 2.49. The van der Waals surface area contributed by atoms with Crippen molar-refractivity contribution < 1.29 is 9.31 Å². The quantitative estimate of drug-likeness (QED) is 0.523. The fourth-order valence-electron chi connectivity index (χ4n) is 1.94. The summed E-state index contributed by atoms with van der Waals surface area (Å²) in [6, 6.07) is 9.15. The molecule has 5 nitrogen and oxygen atoms in total. The van der Waals surface area contributed by atoms with Gasteiger partial charge in [0.1, 0.15) is 11.5 Å². The van der Waals surface area contributed by atoms with E-state index in [1.165, 1.54) is 28.8 Å². The molecule has 0 radical (unpaired) electrons. The predicted octanol–water partition coefficient (Wildman–Crippen LogP) is 3.05. The highest BCUT2D eigenvalue weighted by atomic mass is 19.1. The molecule has 94 valence electrons. The van der Waals surface area contributed by atoms with E-state index >= 15 is 0 Å². The number of para-hydroxylation sites is 1. The van der Waals surface area contributed by atoms with E-state index in [4.69, 9.17) is 0 Å². The maximum atomic E-state index is 13.1. The summed E-state index contributed by atoms with van der Waals surface area (Å²) in [6.45, 7) is 0. The molecule has 19 heavy (non-hydrogen) atoms. The molecule has 0 aliphatic rings. The fraction of sp³-hybridized carbons (Fsp3) is 0. The number of rotatable bonds is 2. The van der Waals surface area contributed by atoms with Crippen molar-refractivity contribution in [1.29, 1.82) is 0 Å². The Bertz CT molecular complexity index is 782. The van der Waals surface area contributed by atoms with Crippen LogP contribution in [-0.4, -0.2) is 14.3 Å². The van der Waals surface area contributed by atoms with E-state index in [1.807, 2.05) is 0 Å². The zero-order valence-electron chi connectivity index (χ0n) is 9.65. The first-order valence-electron chi connectivity index (χ1n) is 5.53. The van der Waals surface area contributed by atoms with Gasteiger partial charge in [-0.25, -0.2) is 9.37 Å². The van der Waals surface area contributed by atoms with Gasteiger partial charge < -0.3 is 4.40 Å². The molecule has 3 rings (SSSR count). The highest BCUT2D eigenvalue weighted by Gasteiger charge is 2.16. The van der Waals surface area contributed by atoms with Crippen molar-refractivity contribution in [2.24, 2.45) is 0 Å². The van der Waals surface area contributed by atoms with Crippen molar-refractivity contribution in [3.05, 3.63) is 64.7 Å². The van der Waals surface area contributed by atoms with Gasteiger partial charge in [-0.3, -0.25) is 10.1 Å². The first kappa shape index (κ1) is 11.3. The standard InChI is InChI=1S/C13H8FN3O2/c14-9-5-6-13-15-11(8-16(13)7-9)10-3-1-2-4-12(10)17(18)19/h1-8H. The second-order valence-electron chi connectivity index (χ2n) is 4.01. The van der Waals surface area contributed by atoms with E-state index in [2.05, 4.69) is 4.98 Å². The molecular formula is C13H8FN3O2. The van der Waals surface area contributed by atoms with Crippen LogP contribution < -0.4 is 0 Å². The third-order valence-corrected chi connectivity index (χ3v) is 2.79. The van der Waals surface area contributed by atoms with Crippen LogP contribution in [0.25, 0.3) is 16.9 Å². The Morgan fingerprint density at radius 3 is 2.74 bits per heavy atom. The summed E-state index contributed by atoms with van der Waals surface area (Å²) in [6.07, 6.45) is 2.85. The number of nitro groups is 1. The molecular weight excluding hydrogens is 249 g/mol. The maximum absolute atomic E-state index is 13.1. The van der Waals surface area contributed by atoms with Gasteiger partial charge in [-0.2, -0.15) is 0 Å². The molecule has 0 aliphatic carbocycles. The van der Waals surface area contributed by atoms with E-state index < -0.39 is 4.92 Å². The van der Waals surface area contributed by atoms with E-state index in [1.54, 1.807) is 24.4 Å². The normalized spacial score (nSPS) is 10.8. The smallest absolute Gasteiger partial charge is 0.278 e. The first-order valence-corrected chi connectivity index (χ1v) is 5.53. The average Bonchev–Trinajstić information content (AvgIpc) is 2.81. The third-order valence-electron chi connectivity index (χ3n) is 2.79. The van der Waals surface area contributed by atoms with E-state index in [0.717, 1.165) is 0 Å². The number of hydrogen-bond donors (Lipinski definition) is 0. The Balaban J connectivity index is 2.22. The number of nitrogens with zero attached hydrogens (tertiary/aromatic N) is 3. The molecule has 0 fully saturated rings. The SMILES string of the molecule is O=[N+]([O-])c1ccccc1-c1cn2cc(F)ccc2n1. The first-order chi connectivity index (χ1) is 9.15. The lowest BCUT2D eigenvalue weighted by Gasteiger charge is -1.97. The van der Waals surface area contributed by atoms with E-state index in [9.17, 15) is 14.5 Å². The highest BCUT2D eigenvalue weighted by molar-refractivity contribution is 5.72. The van der Waals surface area contributed by atoms with Gasteiger partial charge in [0.05, 0.1) is 16.2 Å². The van der Waals surface area contributed by atoms with Crippen LogP contribution in [-0.2, 0) is 0 Å². The summed E-state index contributed by atoms with van der Waals surface area (Å²) in [7, 11) is 0. The van der Waals surface area contributed by atoms with E-state index in [0.29, 0.717) is 16.9 Å². The number of fused-ring (bicyclic) bond motifs is 1. The zero-order chi connectivity index (χ0) is 13.4. The number of aromatic nitrogens is 2. The second-order valence-corrected chi connectivity index (χ2v) is 4.01. The molecule has 0 amide bonds. The van der Waals surface area contributed by atoms with Crippen molar-refractivity contribution >= 4 is 11.3 Å². The van der Waals surface area contributed by atoms with Crippen molar-refractivity contribution in [2.45, 2.75) is 0 Å². The van der Waals surface area contributed by atoms with Gasteiger partial charge in [0, 0.05) is 18.5 Å². The largest absolute Gasteiger partial charge is 0.303 e. The highest BCUT2D eigenvalue weighted by Crippen LogP contribution is 2.28. The molecule has 6 heteroatoms. The van der Waals surface area contributed by atoms with Crippen LogP contribution in [0.5, 0.6) is 0 Å². The molecule has 0 atom stereocenters. The van der Waals surface area contributed by atoms with Crippen molar-refractivity contribution in [3.63, 3.8) is 0 Å². The van der Waals surface area contributed by atoms with Gasteiger partial charge in [0.15, 0.2) is 0 Å². The lowest BCUT2D eigenvalue weighted by molar-refractivity contribution is -0.384. The lowest BCUT2D eigenvalue weighted by atomic mass is 10.1. The summed E-state index contributed by atoms with van der Waals surface area (Å²) >= 11 is 0. The molecule has 0 aliphatic heterocycles. The lowest BCUT2D eigenvalue weighted by Crippen LogP contribution is -1.91. The van der Waals surface area contributed by atoms with Crippen molar-refractivity contribution in [3.8, 4) is 11.3 Å². The molecule has 1 aromatic carbocycles. The Morgan fingerprint density at radius 1 is 1.16 bits per heavy atom. The number of benzene rings is 1. The average molecular weight is 257 g/mol. The van der Waals surface area contributed by atoms with Gasteiger partial charge in [-0.05, 0) is 18.2 Å². The third kappa shape index (κ3) is 1.93. The minimum Gasteiger partial charge on any atom is -0.303 e. The summed E-state index contributed by atoms with van der Waals surface area (Å²) < 4.78 is 14.6. The Hall–Kier alpha value is -2.76. The van der Waals surface area contributed by atoms with Crippen LogP contribution in [0.2, 0.25) is 0 Å². The van der Waals surface area contributed by atoms with Crippen LogP contribution in [0.15, 0.2) is 48.8 Å². The van der Waals surface area contributed by atoms with Crippen molar-refractivity contribution in [1.82, 2.24) is 9.38 Å². The number of pyridine rings is 1. The van der Waals surface area contributed by atoms with Crippen LogP contribution in [0.3, 0.4) is 0 Å². The van der Waals surface area contributed by atoms with Crippen LogP contribution >= 0.6 is 0 Å². The Morgan fingerprint density at radius 2 is 1.95 bits per heavy atom. The molecule has 2 aromatic heterocycles. The summed E-state index contributed by atoms with van der Waals surface area (Å²) in [5.74, 6) is -0.390. The van der Waals surface area contributed by atoms with Crippen LogP contribution in [0.4, 0.5) is 10.1 Å². The summed E-state index contributed by atoms with van der Waals surface area (Å²) in [4.78, 5) is 14.8. The van der Waals surface area contributed by atoms with Gasteiger partial charge in [0.2, 0.25) is 0 Å². The van der Waals surface area contributed by atoms with Gasteiger partial charge in [-0.1, -0.05) is 12.1 Å². The van der Waals surface area contributed by atoms with Crippen LogP contribution in [0, 0.1) is 15.9 Å². The number of halogens is 1. The molecule has 0 spiro atoms. The Labute approximate surface area is 107 Å². The topological polar surface area (TPSA) is 60.4 Å². The fourth-order valence-corrected chi connectivity index (χ4v) is 1.94. The molecule has 0 saturated carbocycles. The number of imidazole rings is 1. The van der Waals surface area contributed by atoms with Gasteiger partial charge >= 0.3 is 0 Å². The number of hydrogen-bond acceptors (Lipinski definition) is 3. The number of nitro benzene ring substituents is 1. The summed E-state index contributed by atoms with van der Waals surface area (Å²) in [5.41, 5.74) is 1.37. The molecule has 0 unspecified atom stereocenters. The van der Waals surface area contributed by atoms with Gasteiger partial charge in [0.25, 0.3) is 5.69 Å². The molecule has 0 saturated heterocycles. The van der Waals surface area contributed by atoms with E-state index in [-0.39, 0.29) is 11.5 Å². The second kappa shape index (κ2) is 4.16. The van der Waals surface area contributed by atoms with Crippen LogP contribution in [0.1, 0.15) is 0 Å². The minimum atomic E-state index is -0.458. The zero-order valence-corrected chi connectivity index (χ0v) is 9.65. The van der Waals surface area contributed by atoms with Gasteiger partial charge in [-0.15, -0.1) is 0 Å². The molecule has 2 heterocycles. The van der Waals surface area contributed by atoms with Crippen molar-refractivity contribution in [2.75, 3.05) is 0 Å². The predicted molar refractivity (Wildman–Crippen MR) is 67.2 cm³/mol.